The molecule has 0 aliphatic heterocycles. The number of para-hydroxylation sites is 2. The van der Waals surface area contributed by atoms with E-state index >= 15 is 0 Å². The van der Waals surface area contributed by atoms with E-state index in [0.29, 0.717) is 18.1 Å². The van der Waals surface area contributed by atoms with Crippen molar-refractivity contribution in [3.8, 4) is 0 Å². The summed E-state index contributed by atoms with van der Waals surface area (Å²) in [6, 6.07) is 15.8. The Hall–Kier alpha value is -3.15. The number of nitrogens with one attached hydrogen (secondary N) is 2. The lowest BCUT2D eigenvalue weighted by Gasteiger charge is -2.14. The molecule has 0 saturated heterocycles. The summed E-state index contributed by atoms with van der Waals surface area (Å²) in [4.78, 5) is 29.1. The van der Waals surface area contributed by atoms with E-state index in [9.17, 15) is 9.59 Å². The van der Waals surface area contributed by atoms with Gasteiger partial charge in [0.05, 0.1) is 11.0 Å². The van der Waals surface area contributed by atoms with Crippen LogP contribution >= 0.6 is 0 Å². The van der Waals surface area contributed by atoms with Gasteiger partial charge in [-0.05, 0) is 38.1 Å². The Morgan fingerprint density at radius 3 is 2.48 bits per heavy atom. The Morgan fingerprint density at radius 2 is 1.76 bits per heavy atom. The minimum atomic E-state index is -0.683. The topological polar surface area (TPSA) is 76.0 Å². The highest BCUT2D eigenvalue weighted by molar-refractivity contribution is 6.00. The Kier molecular flexibility index (Phi) is 4.79. The Morgan fingerprint density at radius 1 is 1.08 bits per heavy atom. The molecule has 3 aromatic rings. The molecule has 0 aliphatic rings. The van der Waals surface area contributed by atoms with E-state index in [2.05, 4.69) is 15.6 Å². The minimum Gasteiger partial charge on any atom is -0.341 e. The van der Waals surface area contributed by atoms with Crippen LogP contribution in [0, 0.1) is 0 Å². The summed E-state index contributed by atoms with van der Waals surface area (Å²) in [5.74, 6) is -0.115. The normalized spacial score (nSPS) is 11.9. The number of anilines is 1. The van der Waals surface area contributed by atoms with Crippen molar-refractivity contribution in [3.63, 3.8) is 0 Å². The SMILES string of the molecule is CCn1c(NC(=O)[C@H](C)NC(=O)c2ccccc2)nc2ccccc21. The molecule has 1 atom stereocenters. The smallest absolute Gasteiger partial charge is 0.251 e. The van der Waals surface area contributed by atoms with Gasteiger partial charge < -0.3 is 9.88 Å². The van der Waals surface area contributed by atoms with Gasteiger partial charge in [0.25, 0.3) is 5.91 Å². The number of nitrogens with zero attached hydrogens (tertiary/aromatic N) is 2. The van der Waals surface area contributed by atoms with Gasteiger partial charge in [-0.15, -0.1) is 0 Å². The maximum atomic E-state index is 12.4. The van der Waals surface area contributed by atoms with E-state index in [4.69, 9.17) is 0 Å². The van der Waals surface area contributed by atoms with E-state index in [0.717, 1.165) is 11.0 Å². The first-order chi connectivity index (χ1) is 12.1. The van der Waals surface area contributed by atoms with Crippen molar-refractivity contribution in [1.82, 2.24) is 14.9 Å². The molecule has 2 aromatic carbocycles. The van der Waals surface area contributed by atoms with Crippen molar-refractivity contribution < 1.29 is 9.59 Å². The molecule has 0 fully saturated rings. The van der Waals surface area contributed by atoms with Crippen molar-refractivity contribution in [2.45, 2.75) is 26.4 Å². The fourth-order valence-electron chi connectivity index (χ4n) is 2.64. The summed E-state index contributed by atoms with van der Waals surface area (Å²) in [5, 5.41) is 5.51. The quantitative estimate of drug-likeness (QED) is 0.752. The van der Waals surface area contributed by atoms with Crippen LogP contribution in [0.3, 0.4) is 0 Å². The molecule has 0 spiro atoms. The fraction of sp³-hybridized carbons (Fsp3) is 0.211. The van der Waals surface area contributed by atoms with Crippen LogP contribution < -0.4 is 10.6 Å². The molecule has 0 bridgehead atoms. The van der Waals surface area contributed by atoms with E-state index in [1.165, 1.54) is 0 Å². The van der Waals surface area contributed by atoms with Gasteiger partial charge in [-0.1, -0.05) is 30.3 Å². The van der Waals surface area contributed by atoms with Crippen LogP contribution in [0.1, 0.15) is 24.2 Å². The number of fused-ring (bicyclic) bond motifs is 1. The molecular weight excluding hydrogens is 316 g/mol. The van der Waals surface area contributed by atoms with Crippen molar-refractivity contribution in [2.24, 2.45) is 0 Å². The number of hydrogen-bond acceptors (Lipinski definition) is 3. The molecule has 0 radical (unpaired) electrons. The van der Waals surface area contributed by atoms with Crippen LogP contribution in [0.15, 0.2) is 54.6 Å². The van der Waals surface area contributed by atoms with Gasteiger partial charge in [0.15, 0.2) is 0 Å². The van der Waals surface area contributed by atoms with Gasteiger partial charge in [0.2, 0.25) is 11.9 Å². The number of benzene rings is 2. The molecule has 0 saturated carbocycles. The van der Waals surface area contributed by atoms with Crippen molar-refractivity contribution in [2.75, 3.05) is 5.32 Å². The third-order valence-electron chi connectivity index (χ3n) is 3.98. The molecule has 3 rings (SSSR count). The van der Waals surface area contributed by atoms with Crippen LogP contribution in [0.4, 0.5) is 5.95 Å². The Labute approximate surface area is 145 Å². The lowest BCUT2D eigenvalue weighted by Crippen LogP contribution is -2.42. The number of amides is 2. The first-order valence-electron chi connectivity index (χ1n) is 8.22. The van der Waals surface area contributed by atoms with Gasteiger partial charge in [-0.3, -0.25) is 14.9 Å². The highest BCUT2D eigenvalue weighted by Gasteiger charge is 2.19. The third kappa shape index (κ3) is 3.52. The van der Waals surface area contributed by atoms with Crippen LogP contribution in [-0.2, 0) is 11.3 Å². The molecule has 6 nitrogen and oxygen atoms in total. The molecule has 25 heavy (non-hydrogen) atoms. The lowest BCUT2D eigenvalue weighted by atomic mass is 10.2. The molecule has 0 unspecified atom stereocenters. The van der Waals surface area contributed by atoms with Crippen molar-refractivity contribution in [3.05, 3.63) is 60.2 Å². The van der Waals surface area contributed by atoms with Crippen LogP contribution in [0.2, 0.25) is 0 Å². The number of hydrogen-bond donors (Lipinski definition) is 2. The van der Waals surface area contributed by atoms with Gasteiger partial charge in [0.1, 0.15) is 6.04 Å². The van der Waals surface area contributed by atoms with Gasteiger partial charge in [0, 0.05) is 12.1 Å². The largest absolute Gasteiger partial charge is 0.341 e. The molecule has 2 N–H and O–H groups in total. The van der Waals surface area contributed by atoms with E-state index in [1.54, 1.807) is 31.2 Å². The summed E-state index contributed by atoms with van der Waals surface area (Å²) in [5.41, 5.74) is 2.30. The monoisotopic (exact) mass is 336 g/mol. The van der Waals surface area contributed by atoms with E-state index in [1.807, 2.05) is 41.8 Å². The number of aryl methyl sites for hydroxylation is 1. The van der Waals surface area contributed by atoms with Gasteiger partial charge in [-0.2, -0.15) is 0 Å². The molecule has 1 heterocycles. The summed E-state index contributed by atoms with van der Waals surface area (Å²) < 4.78 is 1.93. The zero-order valence-corrected chi connectivity index (χ0v) is 14.2. The second kappa shape index (κ2) is 7.17. The molecule has 0 aliphatic carbocycles. The first kappa shape index (κ1) is 16.7. The summed E-state index contributed by atoms with van der Waals surface area (Å²) in [6.07, 6.45) is 0. The summed E-state index contributed by atoms with van der Waals surface area (Å²) >= 11 is 0. The summed E-state index contributed by atoms with van der Waals surface area (Å²) in [6.45, 7) is 4.32. The molecule has 1 aromatic heterocycles. The number of aromatic nitrogens is 2. The number of carbonyl (C=O) groups excluding carboxylic acids is 2. The maximum Gasteiger partial charge on any atom is 0.251 e. The average Bonchev–Trinajstić information content (AvgIpc) is 2.99. The second-order valence-electron chi connectivity index (χ2n) is 5.72. The molecule has 6 heteroatoms. The lowest BCUT2D eigenvalue weighted by molar-refractivity contribution is -0.117. The van der Waals surface area contributed by atoms with Gasteiger partial charge in [-0.25, -0.2) is 4.98 Å². The van der Waals surface area contributed by atoms with E-state index in [-0.39, 0.29) is 11.8 Å². The number of imidazole rings is 1. The predicted octanol–water partition coefficient (Wildman–Crippen LogP) is 2.81. The fourth-order valence-corrected chi connectivity index (χ4v) is 2.64. The average molecular weight is 336 g/mol. The second-order valence-corrected chi connectivity index (χ2v) is 5.72. The number of rotatable bonds is 5. The zero-order valence-electron chi connectivity index (χ0n) is 14.2. The van der Waals surface area contributed by atoms with Gasteiger partial charge >= 0.3 is 0 Å². The van der Waals surface area contributed by atoms with Crippen molar-refractivity contribution >= 4 is 28.8 Å². The summed E-state index contributed by atoms with van der Waals surface area (Å²) in [7, 11) is 0. The maximum absolute atomic E-state index is 12.4. The number of carbonyl (C=O) groups is 2. The van der Waals surface area contributed by atoms with Crippen molar-refractivity contribution in [1.29, 1.82) is 0 Å². The first-order valence-corrected chi connectivity index (χ1v) is 8.22. The highest BCUT2D eigenvalue weighted by Crippen LogP contribution is 2.19. The molecule has 128 valence electrons. The van der Waals surface area contributed by atoms with Crippen LogP contribution in [-0.4, -0.2) is 27.4 Å². The molecule has 2 amide bonds. The predicted molar refractivity (Wildman–Crippen MR) is 97.4 cm³/mol. The molecular formula is C19H20N4O2. The Bertz CT molecular complexity index is 902. The zero-order chi connectivity index (χ0) is 17.8. The van der Waals surface area contributed by atoms with E-state index < -0.39 is 6.04 Å². The standard InChI is InChI=1S/C19H20N4O2/c1-3-23-16-12-8-7-11-15(16)21-19(23)22-17(24)13(2)20-18(25)14-9-5-4-6-10-14/h4-13H,3H2,1-2H3,(H,20,25)(H,21,22,24)/t13-/m0/s1. The minimum absolute atomic E-state index is 0.285. The third-order valence-corrected chi connectivity index (χ3v) is 3.98. The van der Waals surface area contributed by atoms with Crippen LogP contribution in [0.5, 0.6) is 0 Å². The Balaban J connectivity index is 1.72. The highest BCUT2D eigenvalue weighted by atomic mass is 16.2. The van der Waals surface area contributed by atoms with Crippen LogP contribution in [0.25, 0.3) is 11.0 Å².